The molecule has 0 bridgehead atoms. The zero-order valence-corrected chi connectivity index (χ0v) is 13.0. The lowest BCUT2D eigenvalue weighted by atomic mass is 9.92. The van der Waals surface area contributed by atoms with Crippen molar-refractivity contribution < 1.29 is 13.5 Å². The summed E-state index contributed by atoms with van der Waals surface area (Å²) >= 11 is 0. The van der Waals surface area contributed by atoms with Crippen LogP contribution < -0.4 is 5.32 Å². The van der Waals surface area contributed by atoms with Crippen LogP contribution in [0.15, 0.2) is 59.5 Å². The lowest BCUT2D eigenvalue weighted by molar-refractivity contribution is 0.282. The van der Waals surface area contributed by atoms with Crippen LogP contribution in [0.2, 0.25) is 0 Å². The van der Waals surface area contributed by atoms with Gasteiger partial charge in [0.25, 0.3) is 0 Å². The number of anilines is 1. The maximum Gasteiger partial charge on any atom is 0.181 e. The molecule has 0 aliphatic heterocycles. The van der Waals surface area contributed by atoms with Crippen molar-refractivity contribution in [3.05, 3.63) is 60.2 Å². The van der Waals surface area contributed by atoms with Gasteiger partial charge in [0.2, 0.25) is 0 Å². The molecule has 1 saturated carbocycles. The molecule has 0 saturated heterocycles. The predicted octanol–water partition coefficient (Wildman–Crippen LogP) is 2.60. The maximum atomic E-state index is 12.5. The smallest absolute Gasteiger partial charge is 0.181 e. The molecule has 22 heavy (non-hydrogen) atoms. The van der Waals surface area contributed by atoms with Crippen LogP contribution in [0.5, 0.6) is 0 Å². The molecular formula is C17H19NO3S. The van der Waals surface area contributed by atoms with Crippen LogP contribution in [-0.2, 0) is 16.4 Å². The van der Waals surface area contributed by atoms with Crippen LogP contribution in [0.25, 0.3) is 0 Å². The highest BCUT2D eigenvalue weighted by molar-refractivity contribution is 7.92. The average Bonchev–Trinajstić information content (AvgIpc) is 2.51. The summed E-state index contributed by atoms with van der Waals surface area (Å²) in [5.41, 5.74) is 1.77. The number of sulfone groups is 1. The number of aliphatic hydroxyl groups excluding tert-OH is 1. The van der Waals surface area contributed by atoms with Gasteiger partial charge in [-0.1, -0.05) is 30.3 Å². The van der Waals surface area contributed by atoms with Crippen LogP contribution >= 0.6 is 0 Å². The molecule has 0 atom stereocenters. The quantitative estimate of drug-likeness (QED) is 0.889. The first-order valence-corrected chi connectivity index (χ1v) is 8.89. The summed E-state index contributed by atoms with van der Waals surface area (Å²) in [5, 5.41) is 12.2. The minimum Gasteiger partial charge on any atom is -0.392 e. The van der Waals surface area contributed by atoms with E-state index < -0.39 is 9.84 Å². The fourth-order valence-electron chi connectivity index (χ4n) is 2.73. The minimum atomic E-state index is -3.22. The molecule has 3 rings (SSSR count). The van der Waals surface area contributed by atoms with Crippen LogP contribution in [-0.4, -0.2) is 24.8 Å². The van der Waals surface area contributed by atoms with Gasteiger partial charge in [-0.3, -0.25) is 0 Å². The third-order valence-corrected chi connectivity index (χ3v) is 6.28. The Hall–Kier alpha value is -1.85. The standard InChI is InChI=1S/C17H19NO3S/c19-12-13-5-4-6-14(9-13)18-15-10-17(11-15)22(20,21)16-7-2-1-3-8-16/h1-9,15,17-19H,10-12H2. The van der Waals surface area contributed by atoms with E-state index in [9.17, 15) is 8.42 Å². The van der Waals surface area contributed by atoms with E-state index in [4.69, 9.17) is 5.11 Å². The Balaban J connectivity index is 1.62. The second-order valence-corrected chi connectivity index (χ2v) is 7.88. The lowest BCUT2D eigenvalue weighted by Crippen LogP contribution is -2.43. The van der Waals surface area contributed by atoms with E-state index >= 15 is 0 Å². The summed E-state index contributed by atoms with van der Waals surface area (Å²) in [7, 11) is -3.22. The van der Waals surface area contributed by atoms with Crippen molar-refractivity contribution in [2.24, 2.45) is 0 Å². The van der Waals surface area contributed by atoms with Gasteiger partial charge in [0.15, 0.2) is 9.84 Å². The molecule has 2 aromatic rings. The predicted molar refractivity (Wildman–Crippen MR) is 86.4 cm³/mol. The van der Waals surface area contributed by atoms with Crippen LogP contribution in [0.4, 0.5) is 5.69 Å². The van der Waals surface area contributed by atoms with Crippen molar-refractivity contribution in [1.29, 1.82) is 0 Å². The highest BCUT2D eigenvalue weighted by atomic mass is 32.2. The highest BCUT2D eigenvalue weighted by Gasteiger charge is 2.39. The minimum absolute atomic E-state index is 0.00516. The Bertz CT molecular complexity index is 738. The zero-order chi connectivity index (χ0) is 15.6. The van der Waals surface area contributed by atoms with Crippen molar-refractivity contribution in [1.82, 2.24) is 0 Å². The van der Waals surface area contributed by atoms with Gasteiger partial charge in [0.05, 0.1) is 16.8 Å². The number of nitrogens with one attached hydrogen (secondary N) is 1. The third-order valence-electron chi connectivity index (χ3n) is 4.09. The molecule has 2 aromatic carbocycles. The summed E-state index contributed by atoms with van der Waals surface area (Å²) in [6, 6.07) is 16.3. The summed E-state index contributed by atoms with van der Waals surface area (Å²) in [5.74, 6) is 0. The Morgan fingerprint density at radius 2 is 1.77 bits per heavy atom. The van der Waals surface area contributed by atoms with Crippen molar-refractivity contribution in [3.63, 3.8) is 0 Å². The molecule has 1 fully saturated rings. The molecule has 116 valence electrons. The molecule has 0 heterocycles. The molecule has 2 N–H and O–H groups in total. The van der Waals surface area contributed by atoms with E-state index in [0.717, 1.165) is 11.3 Å². The van der Waals surface area contributed by atoms with E-state index in [1.165, 1.54) is 0 Å². The first-order valence-electron chi connectivity index (χ1n) is 7.35. The summed E-state index contributed by atoms with van der Waals surface area (Å²) < 4.78 is 24.9. The number of hydrogen-bond donors (Lipinski definition) is 2. The second kappa shape index (κ2) is 6.10. The largest absolute Gasteiger partial charge is 0.392 e. The SMILES string of the molecule is O=S(=O)(c1ccccc1)C1CC(Nc2cccc(CO)c2)C1. The fourth-order valence-corrected chi connectivity index (χ4v) is 4.63. The highest BCUT2D eigenvalue weighted by Crippen LogP contribution is 2.33. The van der Waals surface area contributed by atoms with Crippen LogP contribution in [0, 0.1) is 0 Å². The van der Waals surface area contributed by atoms with Gasteiger partial charge in [-0.25, -0.2) is 8.42 Å². The zero-order valence-electron chi connectivity index (χ0n) is 12.1. The van der Waals surface area contributed by atoms with Gasteiger partial charge in [0, 0.05) is 11.7 Å². The number of benzene rings is 2. The Labute approximate surface area is 130 Å². The van der Waals surface area contributed by atoms with Gasteiger partial charge in [-0.2, -0.15) is 0 Å². The molecule has 0 unspecified atom stereocenters. The molecule has 1 aliphatic rings. The molecule has 1 aliphatic carbocycles. The van der Waals surface area contributed by atoms with Gasteiger partial charge >= 0.3 is 0 Å². The van der Waals surface area contributed by atoms with Crippen molar-refractivity contribution >= 4 is 15.5 Å². The molecule has 0 aromatic heterocycles. The average molecular weight is 317 g/mol. The lowest BCUT2D eigenvalue weighted by Gasteiger charge is -2.36. The Kier molecular flexibility index (Phi) is 4.18. The Morgan fingerprint density at radius 1 is 1.05 bits per heavy atom. The summed E-state index contributed by atoms with van der Waals surface area (Å²) in [6.45, 7) is 0.00516. The van der Waals surface area contributed by atoms with Gasteiger partial charge < -0.3 is 10.4 Å². The second-order valence-electron chi connectivity index (χ2n) is 5.65. The molecule has 0 spiro atoms. The molecule has 5 heteroatoms. The number of aliphatic hydroxyl groups is 1. The molecule has 4 nitrogen and oxygen atoms in total. The van der Waals surface area contributed by atoms with E-state index in [0.29, 0.717) is 17.7 Å². The van der Waals surface area contributed by atoms with E-state index in [1.807, 2.05) is 30.3 Å². The summed E-state index contributed by atoms with van der Waals surface area (Å²) in [6.07, 6.45) is 1.22. The third kappa shape index (κ3) is 3.00. The van der Waals surface area contributed by atoms with Crippen molar-refractivity contribution in [2.75, 3.05) is 5.32 Å². The van der Waals surface area contributed by atoms with E-state index in [2.05, 4.69) is 5.32 Å². The molecule has 0 amide bonds. The van der Waals surface area contributed by atoms with Crippen molar-refractivity contribution in [2.45, 2.75) is 35.6 Å². The van der Waals surface area contributed by atoms with E-state index in [-0.39, 0.29) is 17.9 Å². The molecule has 0 radical (unpaired) electrons. The van der Waals surface area contributed by atoms with Crippen LogP contribution in [0.1, 0.15) is 18.4 Å². The maximum absolute atomic E-state index is 12.5. The number of hydrogen-bond acceptors (Lipinski definition) is 4. The Morgan fingerprint density at radius 3 is 2.45 bits per heavy atom. The van der Waals surface area contributed by atoms with Crippen LogP contribution in [0.3, 0.4) is 0 Å². The summed E-state index contributed by atoms with van der Waals surface area (Å²) in [4.78, 5) is 0.403. The number of rotatable bonds is 5. The first-order chi connectivity index (χ1) is 10.6. The molecular weight excluding hydrogens is 298 g/mol. The van der Waals surface area contributed by atoms with Gasteiger partial charge in [-0.15, -0.1) is 0 Å². The topological polar surface area (TPSA) is 66.4 Å². The first kappa shape index (κ1) is 15.1. The van der Waals surface area contributed by atoms with Crippen molar-refractivity contribution in [3.8, 4) is 0 Å². The fraction of sp³-hybridized carbons (Fsp3) is 0.294. The van der Waals surface area contributed by atoms with Gasteiger partial charge in [0.1, 0.15) is 0 Å². The van der Waals surface area contributed by atoms with E-state index in [1.54, 1.807) is 24.3 Å². The van der Waals surface area contributed by atoms with Gasteiger partial charge in [-0.05, 0) is 42.7 Å². The normalized spacial score (nSPS) is 21.1. The monoisotopic (exact) mass is 317 g/mol.